The van der Waals surface area contributed by atoms with Gasteiger partial charge in [-0.1, -0.05) is 42.5 Å². The molecule has 3 aromatic rings. The predicted octanol–water partition coefficient (Wildman–Crippen LogP) is 5.28. The standard InChI is InChI=1S/C25H28N4/c1-18-14-22-20(15-26)11-7-13-24(22)29(18)25-27-16-21-10-5-6-12-23(21)28(25)17-19-8-3-2-4-9-19/h2-4,7-9,11,13-14,16,25H,5-6,10,12,15,17,26H2,1H3. The molecule has 1 aliphatic heterocycles. The van der Waals surface area contributed by atoms with Crippen LogP contribution in [0.5, 0.6) is 0 Å². The van der Waals surface area contributed by atoms with E-state index in [9.17, 15) is 0 Å². The van der Waals surface area contributed by atoms with Crippen molar-refractivity contribution in [3.8, 4) is 0 Å². The average molecular weight is 385 g/mol. The number of aliphatic imine (C=N–C) groups is 1. The molecule has 148 valence electrons. The van der Waals surface area contributed by atoms with E-state index in [4.69, 9.17) is 10.7 Å². The molecule has 29 heavy (non-hydrogen) atoms. The maximum absolute atomic E-state index is 6.01. The molecule has 1 unspecified atom stereocenters. The van der Waals surface area contributed by atoms with Gasteiger partial charge in [-0.15, -0.1) is 0 Å². The van der Waals surface area contributed by atoms with E-state index in [1.165, 1.54) is 51.8 Å². The first kappa shape index (κ1) is 18.2. The zero-order chi connectivity index (χ0) is 19.8. The van der Waals surface area contributed by atoms with Gasteiger partial charge < -0.3 is 15.2 Å². The number of hydrogen-bond acceptors (Lipinski definition) is 3. The summed E-state index contributed by atoms with van der Waals surface area (Å²) in [7, 11) is 0. The Morgan fingerprint density at radius 2 is 1.86 bits per heavy atom. The molecule has 2 aromatic carbocycles. The molecule has 0 saturated heterocycles. The minimum atomic E-state index is -0.0578. The lowest BCUT2D eigenvalue weighted by atomic mass is 9.94. The van der Waals surface area contributed by atoms with Gasteiger partial charge in [0.05, 0.1) is 5.52 Å². The summed E-state index contributed by atoms with van der Waals surface area (Å²) in [6, 6.07) is 19.4. The predicted molar refractivity (Wildman–Crippen MR) is 120 cm³/mol. The molecule has 0 spiro atoms. The third kappa shape index (κ3) is 3.18. The van der Waals surface area contributed by atoms with Crippen molar-refractivity contribution in [2.24, 2.45) is 10.7 Å². The number of nitrogens with zero attached hydrogens (tertiary/aromatic N) is 3. The molecule has 1 atom stereocenters. The van der Waals surface area contributed by atoms with Gasteiger partial charge in [-0.2, -0.15) is 0 Å². The molecule has 5 rings (SSSR count). The van der Waals surface area contributed by atoms with Gasteiger partial charge >= 0.3 is 0 Å². The molecular formula is C25H28N4. The molecule has 0 bridgehead atoms. The highest BCUT2D eigenvalue weighted by atomic mass is 15.4. The van der Waals surface area contributed by atoms with Crippen molar-refractivity contribution in [1.29, 1.82) is 0 Å². The molecule has 2 aliphatic rings. The smallest absolute Gasteiger partial charge is 0.203 e. The molecule has 2 heterocycles. The highest BCUT2D eigenvalue weighted by molar-refractivity contribution is 5.85. The maximum atomic E-state index is 6.01. The van der Waals surface area contributed by atoms with Gasteiger partial charge in [0.2, 0.25) is 6.29 Å². The summed E-state index contributed by atoms with van der Waals surface area (Å²) in [5, 5.41) is 1.24. The number of allylic oxidation sites excluding steroid dienone is 2. The van der Waals surface area contributed by atoms with Crippen LogP contribution in [0.3, 0.4) is 0 Å². The number of aryl methyl sites for hydroxylation is 1. The van der Waals surface area contributed by atoms with Crippen LogP contribution in [-0.2, 0) is 13.1 Å². The van der Waals surface area contributed by atoms with Gasteiger partial charge in [0.15, 0.2) is 0 Å². The van der Waals surface area contributed by atoms with Crippen molar-refractivity contribution < 1.29 is 0 Å². The van der Waals surface area contributed by atoms with Gasteiger partial charge in [0, 0.05) is 36.1 Å². The Bertz CT molecular complexity index is 1090. The first-order valence-corrected chi connectivity index (χ1v) is 10.6. The van der Waals surface area contributed by atoms with Gasteiger partial charge in [0.1, 0.15) is 0 Å². The first-order valence-electron chi connectivity index (χ1n) is 10.6. The normalized spacial score (nSPS) is 19.1. The van der Waals surface area contributed by atoms with Crippen LogP contribution in [0.15, 0.2) is 70.9 Å². The van der Waals surface area contributed by atoms with Gasteiger partial charge in [-0.3, -0.25) is 0 Å². The van der Waals surface area contributed by atoms with E-state index in [1.54, 1.807) is 0 Å². The van der Waals surface area contributed by atoms with Crippen LogP contribution in [0.25, 0.3) is 10.9 Å². The van der Waals surface area contributed by atoms with E-state index in [-0.39, 0.29) is 6.29 Å². The number of fused-ring (bicyclic) bond motifs is 1. The Labute approximate surface area is 172 Å². The van der Waals surface area contributed by atoms with E-state index < -0.39 is 0 Å². The SMILES string of the molecule is Cc1cc2c(CN)cccc2n1C1N=CC2=C(CCCC2)N1Cc1ccccc1. The van der Waals surface area contributed by atoms with Crippen molar-refractivity contribution >= 4 is 17.1 Å². The molecule has 0 saturated carbocycles. The maximum Gasteiger partial charge on any atom is 0.203 e. The van der Waals surface area contributed by atoms with Crippen LogP contribution in [-0.4, -0.2) is 15.7 Å². The van der Waals surface area contributed by atoms with Crippen LogP contribution in [0, 0.1) is 6.92 Å². The third-order valence-electron chi connectivity index (χ3n) is 6.28. The zero-order valence-corrected chi connectivity index (χ0v) is 17.0. The summed E-state index contributed by atoms with van der Waals surface area (Å²) in [6.45, 7) is 3.61. The lowest BCUT2D eigenvalue weighted by Crippen LogP contribution is -2.35. The highest BCUT2D eigenvalue weighted by Crippen LogP contribution is 2.38. The molecule has 0 fully saturated rings. The summed E-state index contributed by atoms with van der Waals surface area (Å²) in [4.78, 5) is 7.59. The lowest BCUT2D eigenvalue weighted by Gasteiger charge is -2.40. The Morgan fingerprint density at radius 1 is 1.03 bits per heavy atom. The van der Waals surface area contributed by atoms with Crippen molar-refractivity contribution in [3.05, 3.63) is 82.7 Å². The monoisotopic (exact) mass is 384 g/mol. The Balaban J connectivity index is 1.63. The summed E-state index contributed by atoms with van der Waals surface area (Å²) in [5.41, 5.74) is 13.9. The van der Waals surface area contributed by atoms with Gasteiger partial charge in [-0.25, -0.2) is 4.99 Å². The largest absolute Gasteiger partial charge is 0.332 e. The van der Waals surface area contributed by atoms with Crippen molar-refractivity contribution in [2.75, 3.05) is 0 Å². The molecule has 4 nitrogen and oxygen atoms in total. The summed E-state index contributed by atoms with van der Waals surface area (Å²) in [5.74, 6) is 0. The average Bonchev–Trinajstić information content (AvgIpc) is 3.10. The second-order valence-corrected chi connectivity index (χ2v) is 8.13. The topological polar surface area (TPSA) is 46.6 Å². The van der Waals surface area contributed by atoms with E-state index >= 15 is 0 Å². The summed E-state index contributed by atoms with van der Waals surface area (Å²) in [6.07, 6.45) is 6.88. The van der Waals surface area contributed by atoms with Crippen LogP contribution in [0.2, 0.25) is 0 Å². The molecule has 1 aliphatic carbocycles. The van der Waals surface area contributed by atoms with Crippen molar-refractivity contribution in [2.45, 2.75) is 52.0 Å². The summed E-state index contributed by atoms with van der Waals surface area (Å²) >= 11 is 0. The Kier molecular flexibility index (Phi) is 4.72. The Hall–Kier alpha value is -2.85. The first-order chi connectivity index (χ1) is 14.3. The third-order valence-corrected chi connectivity index (χ3v) is 6.28. The molecule has 2 N–H and O–H groups in total. The van der Waals surface area contributed by atoms with Gasteiger partial charge in [-0.05, 0) is 61.4 Å². The summed E-state index contributed by atoms with van der Waals surface area (Å²) < 4.78 is 2.38. The highest BCUT2D eigenvalue weighted by Gasteiger charge is 2.30. The van der Waals surface area contributed by atoms with Crippen molar-refractivity contribution in [1.82, 2.24) is 9.47 Å². The number of aromatic nitrogens is 1. The molecule has 4 heteroatoms. The van der Waals surface area contributed by atoms with Crippen LogP contribution < -0.4 is 5.73 Å². The molecule has 0 amide bonds. The second kappa shape index (κ2) is 7.53. The number of hydrogen-bond donors (Lipinski definition) is 1. The Morgan fingerprint density at radius 3 is 2.69 bits per heavy atom. The number of rotatable bonds is 4. The van der Waals surface area contributed by atoms with Crippen LogP contribution >= 0.6 is 0 Å². The van der Waals surface area contributed by atoms with Crippen LogP contribution in [0.1, 0.15) is 48.8 Å². The van der Waals surface area contributed by atoms with Crippen LogP contribution in [0.4, 0.5) is 0 Å². The molecular weight excluding hydrogens is 356 g/mol. The molecule has 0 radical (unpaired) electrons. The minimum Gasteiger partial charge on any atom is -0.332 e. The fourth-order valence-corrected chi connectivity index (χ4v) is 4.85. The number of benzene rings is 2. The van der Waals surface area contributed by atoms with E-state index in [1.807, 2.05) is 0 Å². The van der Waals surface area contributed by atoms with Gasteiger partial charge in [0.25, 0.3) is 0 Å². The fourth-order valence-electron chi connectivity index (χ4n) is 4.85. The minimum absolute atomic E-state index is 0.0578. The fraction of sp³-hybridized carbons (Fsp3) is 0.320. The van der Waals surface area contributed by atoms with Crippen molar-refractivity contribution in [3.63, 3.8) is 0 Å². The van der Waals surface area contributed by atoms with E-state index in [0.29, 0.717) is 6.54 Å². The number of nitrogens with two attached hydrogens (primary N) is 1. The lowest BCUT2D eigenvalue weighted by molar-refractivity contribution is 0.172. The van der Waals surface area contributed by atoms with E-state index in [0.717, 1.165) is 19.4 Å². The molecule has 1 aromatic heterocycles. The zero-order valence-electron chi connectivity index (χ0n) is 17.0. The second-order valence-electron chi connectivity index (χ2n) is 8.13. The van der Waals surface area contributed by atoms with E-state index in [2.05, 4.69) is 77.2 Å². The quantitative estimate of drug-likeness (QED) is 0.665.